The number of rotatable bonds is 5. The summed E-state index contributed by atoms with van der Waals surface area (Å²) in [5.74, 6) is -0.869. The number of carbonyl (C=O) groups is 1. The highest BCUT2D eigenvalue weighted by Gasteiger charge is 2.21. The van der Waals surface area contributed by atoms with Crippen LogP contribution in [-0.4, -0.2) is 32.7 Å². The Morgan fingerprint density at radius 2 is 1.83 bits per heavy atom. The molecule has 0 aliphatic carbocycles. The molecule has 0 unspecified atom stereocenters. The van der Waals surface area contributed by atoms with E-state index in [0.717, 1.165) is 4.31 Å². The van der Waals surface area contributed by atoms with Crippen LogP contribution in [0.4, 0.5) is 4.39 Å². The van der Waals surface area contributed by atoms with Crippen molar-refractivity contribution in [1.29, 1.82) is 0 Å². The third-order valence-electron chi connectivity index (χ3n) is 3.61. The van der Waals surface area contributed by atoms with Crippen LogP contribution in [0.3, 0.4) is 0 Å². The van der Waals surface area contributed by atoms with Gasteiger partial charge in [0.1, 0.15) is 5.82 Å². The minimum atomic E-state index is -3.64. The van der Waals surface area contributed by atoms with Gasteiger partial charge < -0.3 is 5.32 Å². The van der Waals surface area contributed by atoms with Gasteiger partial charge in [-0.2, -0.15) is 0 Å². The van der Waals surface area contributed by atoms with Crippen LogP contribution in [0.2, 0.25) is 0 Å². The number of amides is 1. The van der Waals surface area contributed by atoms with Crippen molar-refractivity contribution in [2.24, 2.45) is 0 Å². The minimum absolute atomic E-state index is 0.0230. The van der Waals surface area contributed by atoms with Crippen molar-refractivity contribution in [3.8, 4) is 0 Å². The normalized spacial score (nSPS) is 11.5. The second kappa shape index (κ2) is 7.11. The van der Waals surface area contributed by atoms with E-state index in [1.54, 1.807) is 37.3 Å². The lowest BCUT2D eigenvalue weighted by atomic mass is 10.1. The van der Waals surface area contributed by atoms with Gasteiger partial charge in [-0.05, 0) is 30.7 Å². The highest BCUT2D eigenvalue weighted by Crippen LogP contribution is 2.20. The van der Waals surface area contributed by atoms with E-state index in [4.69, 9.17) is 0 Å². The number of aryl methyl sites for hydroxylation is 1. The number of nitrogens with zero attached hydrogens (tertiary/aromatic N) is 1. The molecule has 0 saturated heterocycles. The molecule has 0 fully saturated rings. The summed E-state index contributed by atoms with van der Waals surface area (Å²) in [5, 5.41) is 2.60. The minimum Gasteiger partial charge on any atom is -0.348 e. The first-order valence-corrected chi connectivity index (χ1v) is 8.72. The van der Waals surface area contributed by atoms with Gasteiger partial charge in [0.25, 0.3) is 5.91 Å². The zero-order chi connectivity index (χ0) is 17.9. The molecule has 0 heterocycles. The van der Waals surface area contributed by atoms with E-state index < -0.39 is 21.7 Å². The van der Waals surface area contributed by atoms with Crippen LogP contribution in [-0.2, 0) is 16.6 Å². The average molecular weight is 350 g/mol. The Morgan fingerprint density at radius 1 is 1.17 bits per heavy atom. The highest BCUT2D eigenvalue weighted by atomic mass is 32.2. The van der Waals surface area contributed by atoms with Crippen molar-refractivity contribution >= 4 is 15.9 Å². The van der Waals surface area contributed by atoms with Crippen LogP contribution in [0.5, 0.6) is 0 Å². The molecule has 2 aromatic rings. The van der Waals surface area contributed by atoms with E-state index in [1.807, 2.05) is 0 Å². The molecular formula is C17H19FN2O3S. The first kappa shape index (κ1) is 18.1. The summed E-state index contributed by atoms with van der Waals surface area (Å²) in [4.78, 5) is 12.3. The van der Waals surface area contributed by atoms with Crippen molar-refractivity contribution in [2.45, 2.75) is 18.4 Å². The lowest BCUT2D eigenvalue weighted by Gasteiger charge is -2.14. The molecule has 0 aliphatic rings. The van der Waals surface area contributed by atoms with Gasteiger partial charge in [0.05, 0.1) is 4.90 Å². The molecule has 0 aliphatic heterocycles. The van der Waals surface area contributed by atoms with Crippen LogP contribution in [0.1, 0.15) is 21.5 Å². The lowest BCUT2D eigenvalue weighted by Crippen LogP contribution is -2.26. The molecule has 1 amide bonds. The molecule has 2 aromatic carbocycles. The number of hydrogen-bond acceptors (Lipinski definition) is 3. The van der Waals surface area contributed by atoms with Gasteiger partial charge in [-0.15, -0.1) is 0 Å². The molecule has 0 atom stereocenters. The quantitative estimate of drug-likeness (QED) is 0.900. The number of benzene rings is 2. The maximum absolute atomic E-state index is 13.6. The van der Waals surface area contributed by atoms with E-state index in [2.05, 4.69) is 5.32 Å². The largest absolute Gasteiger partial charge is 0.348 e. The number of sulfonamides is 1. The maximum atomic E-state index is 13.6. The zero-order valence-corrected chi connectivity index (χ0v) is 14.5. The second-order valence-electron chi connectivity index (χ2n) is 5.54. The Balaban J connectivity index is 2.23. The van der Waals surface area contributed by atoms with E-state index in [1.165, 1.54) is 26.2 Å². The molecule has 24 heavy (non-hydrogen) atoms. The van der Waals surface area contributed by atoms with Crippen molar-refractivity contribution in [2.75, 3.05) is 14.1 Å². The van der Waals surface area contributed by atoms with Crippen molar-refractivity contribution in [3.05, 3.63) is 65.0 Å². The first-order valence-electron chi connectivity index (χ1n) is 7.28. The molecular weight excluding hydrogens is 331 g/mol. The monoisotopic (exact) mass is 350 g/mol. The Morgan fingerprint density at radius 3 is 2.46 bits per heavy atom. The van der Waals surface area contributed by atoms with Gasteiger partial charge >= 0.3 is 0 Å². The Bertz CT molecular complexity index is 864. The zero-order valence-electron chi connectivity index (χ0n) is 13.7. The molecule has 5 nitrogen and oxygen atoms in total. The molecule has 1 N–H and O–H groups in total. The Kier molecular flexibility index (Phi) is 5.36. The van der Waals surface area contributed by atoms with Gasteiger partial charge in [0, 0.05) is 31.8 Å². The summed E-state index contributed by atoms with van der Waals surface area (Å²) in [6.45, 7) is 1.69. The Labute approximate surface area is 141 Å². The summed E-state index contributed by atoms with van der Waals surface area (Å²) in [7, 11) is -0.784. The van der Waals surface area contributed by atoms with E-state index in [0.29, 0.717) is 11.1 Å². The summed E-state index contributed by atoms with van der Waals surface area (Å²) in [6.07, 6.45) is 0. The molecule has 0 spiro atoms. The third-order valence-corrected chi connectivity index (χ3v) is 5.56. The van der Waals surface area contributed by atoms with Gasteiger partial charge in [-0.3, -0.25) is 4.79 Å². The fraction of sp³-hybridized carbons (Fsp3) is 0.235. The van der Waals surface area contributed by atoms with Crippen LogP contribution >= 0.6 is 0 Å². The number of carbonyl (C=O) groups excluding carboxylic acids is 1. The Hall–Kier alpha value is -2.25. The molecule has 128 valence electrons. The molecule has 0 aromatic heterocycles. The summed E-state index contributed by atoms with van der Waals surface area (Å²) < 4.78 is 39.3. The average Bonchev–Trinajstić information content (AvgIpc) is 2.54. The van der Waals surface area contributed by atoms with Gasteiger partial charge in [0.2, 0.25) is 10.0 Å². The number of halogens is 1. The first-order chi connectivity index (χ1) is 11.2. The van der Waals surface area contributed by atoms with Gasteiger partial charge in [0.15, 0.2) is 0 Å². The van der Waals surface area contributed by atoms with Crippen LogP contribution in [0.25, 0.3) is 0 Å². The standard InChI is InChI=1S/C17H19FN2O3S/c1-12-8-9-13(10-16(12)24(22,23)20(2)3)17(21)19-11-14-6-4-5-7-15(14)18/h4-10H,11H2,1-3H3,(H,19,21). The van der Waals surface area contributed by atoms with Gasteiger partial charge in [-0.1, -0.05) is 24.3 Å². The SMILES string of the molecule is Cc1ccc(C(=O)NCc2ccccc2F)cc1S(=O)(=O)N(C)C. The molecule has 0 radical (unpaired) electrons. The van der Waals surface area contributed by atoms with Gasteiger partial charge in [-0.25, -0.2) is 17.1 Å². The van der Waals surface area contributed by atoms with Crippen LogP contribution in [0, 0.1) is 12.7 Å². The summed E-state index contributed by atoms with van der Waals surface area (Å²) in [6, 6.07) is 10.6. The summed E-state index contributed by atoms with van der Waals surface area (Å²) in [5.41, 5.74) is 1.12. The fourth-order valence-corrected chi connectivity index (χ4v) is 3.28. The molecule has 0 saturated carbocycles. The van der Waals surface area contributed by atoms with E-state index in [9.17, 15) is 17.6 Å². The summed E-state index contributed by atoms with van der Waals surface area (Å²) >= 11 is 0. The molecule has 2 rings (SSSR count). The number of hydrogen-bond donors (Lipinski definition) is 1. The molecule has 0 bridgehead atoms. The van der Waals surface area contributed by atoms with E-state index in [-0.39, 0.29) is 17.0 Å². The predicted molar refractivity (Wildman–Crippen MR) is 89.6 cm³/mol. The van der Waals surface area contributed by atoms with Crippen molar-refractivity contribution in [1.82, 2.24) is 9.62 Å². The van der Waals surface area contributed by atoms with Crippen LogP contribution < -0.4 is 5.32 Å². The highest BCUT2D eigenvalue weighted by molar-refractivity contribution is 7.89. The topological polar surface area (TPSA) is 66.5 Å². The predicted octanol–water partition coefficient (Wildman–Crippen LogP) is 2.31. The van der Waals surface area contributed by atoms with Crippen LogP contribution in [0.15, 0.2) is 47.4 Å². The maximum Gasteiger partial charge on any atom is 0.251 e. The second-order valence-corrected chi connectivity index (χ2v) is 7.66. The van der Waals surface area contributed by atoms with Crippen molar-refractivity contribution in [3.63, 3.8) is 0 Å². The fourth-order valence-electron chi connectivity index (χ4n) is 2.14. The smallest absolute Gasteiger partial charge is 0.251 e. The molecule has 7 heteroatoms. The van der Waals surface area contributed by atoms with E-state index >= 15 is 0 Å². The van der Waals surface area contributed by atoms with Crippen molar-refractivity contribution < 1.29 is 17.6 Å². The lowest BCUT2D eigenvalue weighted by molar-refractivity contribution is 0.0950. The third kappa shape index (κ3) is 3.80. The number of nitrogens with one attached hydrogen (secondary N) is 1.